The first kappa shape index (κ1) is 12.0. The fourth-order valence-corrected chi connectivity index (χ4v) is 1.83. The number of aromatic nitrogens is 3. The highest BCUT2D eigenvalue weighted by molar-refractivity contribution is 5.93. The average Bonchev–Trinajstić information content (AvgIpc) is 2.95. The van der Waals surface area contributed by atoms with Crippen LogP contribution in [0.4, 0.5) is 11.4 Å². The molecule has 20 heavy (non-hydrogen) atoms. The molecule has 0 radical (unpaired) electrons. The molecule has 0 fully saturated rings. The molecule has 0 saturated carbocycles. The zero-order chi connectivity index (χ0) is 13.9. The lowest BCUT2D eigenvalue weighted by Crippen LogP contribution is -2.02. The van der Waals surface area contributed by atoms with Gasteiger partial charge in [0.2, 0.25) is 5.52 Å². The summed E-state index contributed by atoms with van der Waals surface area (Å²) in [6, 6.07) is 8.53. The minimum atomic E-state index is -0.519. The van der Waals surface area contributed by atoms with Gasteiger partial charge in [-0.05, 0) is 28.5 Å². The first-order valence-electron chi connectivity index (χ1n) is 5.79. The summed E-state index contributed by atoms with van der Waals surface area (Å²) in [5.41, 5.74) is 1.77. The van der Waals surface area contributed by atoms with Crippen LogP contribution in [0.2, 0.25) is 0 Å². The Balaban J connectivity index is 1.91. The maximum absolute atomic E-state index is 10.9. The number of non-ortho nitro benzene ring substituents is 1. The maximum atomic E-state index is 10.9. The Morgan fingerprint density at radius 1 is 1.20 bits per heavy atom. The van der Waals surface area contributed by atoms with E-state index >= 15 is 0 Å². The van der Waals surface area contributed by atoms with Gasteiger partial charge in [-0.15, -0.1) is 0 Å². The van der Waals surface area contributed by atoms with Crippen LogP contribution in [0.5, 0.6) is 0 Å². The van der Waals surface area contributed by atoms with Gasteiger partial charge < -0.3 is 5.32 Å². The van der Waals surface area contributed by atoms with E-state index in [0.29, 0.717) is 17.7 Å². The van der Waals surface area contributed by atoms with Crippen LogP contribution in [-0.4, -0.2) is 20.2 Å². The van der Waals surface area contributed by atoms with Crippen molar-refractivity contribution in [3.05, 3.63) is 52.3 Å². The summed E-state index contributed by atoms with van der Waals surface area (Å²) in [4.78, 5) is 14.5. The summed E-state index contributed by atoms with van der Waals surface area (Å²) in [6.07, 6.45) is 1.69. The molecule has 0 amide bonds. The van der Waals surface area contributed by atoms with Crippen molar-refractivity contribution in [1.82, 2.24) is 15.3 Å². The molecule has 0 aliphatic heterocycles. The van der Waals surface area contributed by atoms with E-state index in [2.05, 4.69) is 25.2 Å². The molecule has 8 heteroatoms. The molecule has 0 bridgehead atoms. The zero-order valence-electron chi connectivity index (χ0n) is 10.2. The van der Waals surface area contributed by atoms with E-state index < -0.39 is 4.92 Å². The standard InChI is InChI=1S/C12H9N5O3/c18-17(19)10-5-4-9(11-12(10)16-20-15-11)14-7-8-3-1-2-6-13-8/h1-6,14H,7H2. The summed E-state index contributed by atoms with van der Waals surface area (Å²) < 4.78 is 4.59. The number of rotatable bonds is 4. The number of nitrogens with zero attached hydrogens (tertiary/aromatic N) is 4. The van der Waals surface area contributed by atoms with Crippen LogP contribution < -0.4 is 5.32 Å². The second-order valence-corrected chi connectivity index (χ2v) is 4.03. The second-order valence-electron chi connectivity index (χ2n) is 4.03. The molecule has 0 unspecified atom stereocenters. The summed E-state index contributed by atoms with van der Waals surface area (Å²) in [5, 5.41) is 21.3. The molecule has 3 aromatic rings. The van der Waals surface area contributed by atoms with Crippen molar-refractivity contribution in [3.8, 4) is 0 Å². The van der Waals surface area contributed by atoms with Gasteiger partial charge in [0.05, 0.1) is 22.8 Å². The van der Waals surface area contributed by atoms with Gasteiger partial charge >= 0.3 is 5.69 Å². The molecule has 0 atom stereocenters. The highest BCUT2D eigenvalue weighted by Crippen LogP contribution is 2.28. The van der Waals surface area contributed by atoms with E-state index in [1.54, 1.807) is 12.3 Å². The number of pyridine rings is 1. The van der Waals surface area contributed by atoms with Crippen molar-refractivity contribution in [3.63, 3.8) is 0 Å². The lowest BCUT2D eigenvalue weighted by Gasteiger charge is -2.05. The molecular formula is C12H9N5O3. The molecule has 0 saturated heterocycles. The smallest absolute Gasteiger partial charge is 0.300 e. The third kappa shape index (κ3) is 2.14. The zero-order valence-corrected chi connectivity index (χ0v) is 10.2. The van der Waals surface area contributed by atoms with E-state index in [4.69, 9.17) is 0 Å². The third-order valence-electron chi connectivity index (χ3n) is 2.78. The molecule has 0 spiro atoms. The number of nitrogens with one attached hydrogen (secondary N) is 1. The van der Waals surface area contributed by atoms with Crippen LogP contribution in [0.25, 0.3) is 11.0 Å². The number of hydrogen-bond donors (Lipinski definition) is 1. The van der Waals surface area contributed by atoms with Crippen LogP contribution in [0.1, 0.15) is 5.69 Å². The Hall–Kier alpha value is -3.03. The van der Waals surface area contributed by atoms with Gasteiger partial charge in [-0.3, -0.25) is 15.1 Å². The quantitative estimate of drug-likeness (QED) is 0.572. The topological polar surface area (TPSA) is 107 Å². The van der Waals surface area contributed by atoms with E-state index in [-0.39, 0.29) is 11.2 Å². The number of hydrogen-bond acceptors (Lipinski definition) is 7. The van der Waals surface area contributed by atoms with Crippen molar-refractivity contribution < 1.29 is 9.55 Å². The molecule has 3 rings (SSSR count). The number of nitro groups is 1. The highest BCUT2D eigenvalue weighted by atomic mass is 16.6. The van der Waals surface area contributed by atoms with Crippen molar-refractivity contribution in [1.29, 1.82) is 0 Å². The highest BCUT2D eigenvalue weighted by Gasteiger charge is 2.19. The maximum Gasteiger partial charge on any atom is 0.300 e. The lowest BCUT2D eigenvalue weighted by molar-refractivity contribution is -0.383. The Morgan fingerprint density at radius 3 is 2.80 bits per heavy atom. The van der Waals surface area contributed by atoms with Gasteiger partial charge in [-0.1, -0.05) is 6.07 Å². The van der Waals surface area contributed by atoms with Crippen LogP contribution in [0.15, 0.2) is 41.2 Å². The number of anilines is 1. The van der Waals surface area contributed by atoms with E-state index in [1.807, 2.05) is 18.2 Å². The summed E-state index contributed by atoms with van der Waals surface area (Å²) >= 11 is 0. The molecule has 2 aromatic heterocycles. The van der Waals surface area contributed by atoms with Crippen LogP contribution >= 0.6 is 0 Å². The summed E-state index contributed by atoms with van der Waals surface area (Å²) in [5.74, 6) is 0. The number of nitro benzene ring substituents is 1. The lowest BCUT2D eigenvalue weighted by atomic mass is 10.2. The molecule has 1 N–H and O–H groups in total. The summed E-state index contributed by atoms with van der Waals surface area (Å²) in [7, 11) is 0. The molecular weight excluding hydrogens is 262 g/mol. The predicted molar refractivity (Wildman–Crippen MR) is 70.0 cm³/mol. The number of benzene rings is 1. The molecule has 8 nitrogen and oxygen atoms in total. The first-order chi connectivity index (χ1) is 9.75. The minimum Gasteiger partial charge on any atom is -0.377 e. The Kier molecular flexibility index (Phi) is 2.96. The van der Waals surface area contributed by atoms with Gasteiger partial charge in [0.1, 0.15) is 0 Å². The van der Waals surface area contributed by atoms with Gasteiger partial charge in [-0.25, -0.2) is 4.63 Å². The monoisotopic (exact) mass is 271 g/mol. The van der Waals surface area contributed by atoms with Gasteiger partial charge in [-0.2, -0.15) is 0 Å². The van der Waals surface area contributed by atoms with Crippen molar-refractivity contribution in [2.75, 3.05) is 5.32 Å². The third-order valence-corrected chi connectivity index (χ3v) is 2.78. The van der Waals surface area contributed by atoms with Crippen molar-refractivity contribution in [2.24, 2.45) is 0 Å². The van der Waals surface area contributed by atoms with Gasteiger partial charge in [0, 0.05) is 12.3 Å². The van der Waals surface area contributed by atoms with Crippen LogP contribution in [0.3, 0.4) is 0 Å². The first-order valence-corrected chi connectivity index (χ1v) is 5.79. The van der Waals surface area contributed by atoms with Crippen LogP contribution in [0, 0.1) is 10.1 Å². The van der Waals surface area contributed by atoms with E-state index in [1.165, 1.54) is 6.07 Å². The van der Waals surface area contributed by atoms with Crippen molar-refractivity contribution in [2.45, 2.75) is 6.54 Å². The second kappa shape index (κ2) is 4.92. The normalized spacial score (nSPS) is 10.6. The minimum absolute atomic E-state index is 0.126. The van der Waals surface area contributed by atoms with Crippen molar-refractivity contribution >= 4 is 22.4 Å². The number of fused-ring (bicyclic) bond motifs is 1. The fraction of sp³-hybridized carbons (Fsp3) is 0.0833. The molecule has 0 aliphatic rings. The molecule has 2 heterocycles. The van der Waals surface area contributed by atoms with E-state index in [0.717, 1.165) is 5.69 Å². The SMILES string of the molecule is O=[N+]([O-])c1ccc(NCc2ccccn2)c2nonc12. The Morgan fingerprint density at radius 2 is 2.05 bits per heavy atom. The van der Waals surface area contributed by atoms with Gasteiger partial charge in [0.25, 0.3) is 0 Å². The Bertz CT molecular complexity index is 756. The predicted octanol–water partition coefficient (Wildman–Crippen LogP) is 2.14. The molecule has 100 valence electrons. The Labute approximate surface area is 112 Å². The molecule has 0 aliphatic carbocycles. The molecule has 1 aromatic carbocycles. The van der Waals surface area contributed by atoms with Crippen LogP contribution in [-0.2, 0) is 6.54 Å². The van der Waals surface area contributed by atoms with Gasteiger partial charge in [0.15, 0.2) is 5.52 Å². The summed E-state index contributed by atoms with van der Waals surface area (Å²) in [6.45, 7) is 0.473. The average molecular weight is 271 g/mol. The largest absolute Gasteiger partial charge is 0.377 e. The fourth-order valence-electron chi connectivity index (χ4n) is 1.83. The van der Waals surface area contributed by atoms with E-state index in [9.17, 15) is 10.1 Å².